The Labute approximate surface area is 199 Å². The van der Waals surface area contributed by atoms with Gasteiger partial charge in [0.25, 0.3) is 16.8 Å². The fourth-order valence-corrected chi connectivity index (χ4v) is 4.41. The normalized spacial score (nSPS) is 18.0. The summed E-state index contributed by atoms with van der Waals surface area (Å²) in [5.74, 6) is 0.535. The van der Waals surface area contributed by atoms with Crippen LogP contribution in [0.2, 0.25) is 0 Å². The van der Waals surface area contributed by atoms with E-state index in [1.807, 2.05) is 0 Å². The number of benzene rings is 1. The van der Waals surface area contributed by atoms with Gasteiger partial charge in [-0.15, -0.1) is 0 Å². The van der Waals surface area contributed by atoms with Crippen LogP contribution < -0.4 is 4.74 Å². The van der Waals surface area contributed by atoms with Crippen molar-refractivity contribution in [1.29, 1.82) is 0 Å². The highest BCUT2D eigenvalue weighted by Gasteiger charge is 2.37. The molecule has 0 aliphatic carbocycles. The minimum Gasteiger partial charge on any atom is -0.439 e. The van der Waals surface area contributed by atoms with Crippen molar-refractivity contribution in [3.05, 3.63) is 63.2 Å². The van der Waals surface area contributed by atoms with Crippen molar-refractivity contribution >= 4 is 40.6 Å². The van der Waals surface area contributed by atoms with Gasteiger partial charge in [0, 0.05) is 25.2 Å². The molecule has 1 aromatic heterocycles. The number of hydrogen-bond acceptors (Lipinski definition) is 8. The van der Waals surface area contributed by atoms with Crippen LogP contribution in [0.25, 0.3) is 6.08 Å². The van der Waals surface area contributed by atoms with Crippen molar-refractivity contribution in [1.82, 2.24) is 14.8 Å². The molecule has 2 fully saturated rings. The van der Waals surface area contributed by atoms with Crippen LogP contribution in [0.15, 0.2) is 47.5 Å². The number of piperidine rings is 1. The quantitative estimate of drug-likeness (QED) is 0.343. The van der Waals surface area contributed by atoms with Crippen LogP contribution >= 0.6 is 11.8 Å². The molecule has 11 heteroatoms. The number of hydrogen-bond donors (Lipinski definition) is 0. The molecule has 0 saturated carbocycles. The van der Waals surface area contributed by atoms with E-state index in [2.05, 4.69) is 11.9 Å². The molecule has 176 valence electrons. The molecule has 3 amide bonds. The van der Waals surface area contributed by atoms with E-state index in [1.165, 1.54) is 12.1 Å². The largest absolute Gasteiger partial charge is 0.439 e. The van der Waals surface area contributed by atoms with E-state index in [1.54, 1.807) is 35.2 Å². The molecule has 4 rings (SSSR count). The highest BCUT2D eigenvalue weighted by atomic mass is 32.2. The molecule has 3 heterocycles. The Morgan fingerprint density at radius 3 is 2.53 bits per heavy atom. The van der Waals surface area contributed by atoms with Crippen molar-refractivity contribution in [3.63, 3.8) is 0 Å². The fourth-order valence-electron chi connectivity index (χ4n) is 3.57. The average molecular weight is 483 g/mol. The molecular weight excluding hydrogens is 460 g/mol. The first-order valence-corrected chi connectivity index (χ1v) is 11.5. The Bertz CT molecular complexity index is 1140. The molecule has 10 nitrogen and oxygen atoms in total. The van der Waals surface area contributed by atoms with Crippen LogP contribution in [0, 0.1) is 16.0 Å². The molecule has 2 aliphatic heterocycles. The zero-order valence-corrected chi connectivity index (χ0v) is 19.2. The monoisotopic (exact) mass is 482 g/mol. The second kappa shape index (κ2) is 10.0. The van der Waals surface area contributed by atoms with E-state index in [-0.39, 0.29) is 28.9 Å². The van der Waals surface area contributed by atoms with E-state index >= 15 is 0 Å². The number of carbonyl (C=O) groups excluding carboxylic acids is 3. The maximum Gasteiger partial charge on any atom is 0.294 e. The molecule has 1 aromatic carbocycles. The van der Waals surface area contributed by atoms with Crippen molar-refractivity contribution in [2.24, 2.45) is 5.92 Å². The number of nitrogens with zero attached hydrogens (tertiary/aromatic N) is 4. The van der Waals surface area contributed by atoms with Crippen LogP contribution in [-0.4, -0.2) is 56.4 Å². The molecule has 2 aliphatic rings. The van der Waals surface area contributed by atoms with E-state index in [4.69, 9.17) is 4.74 Å². The van der Waals surface area contributed by atoms with Gasteiger partial charge in [0.05, 0.1) is 9.83 Å². The van der Waals surface area contributed by atoms with Gasteiger partial charge in [0.15, 0.2) is 0 Å². The number of ether oxygens (including phenoxy) is 1. The van der Waals surface area contributed by atoms with Crippen LogP contribution in [0.4, 0.5) is 10.5 Å². The second-order valence-electron chi connectivity index (χ2n) is 8.11. The lowest BCUT2D eigenvalue weighted by Gasteiger charge is -2.31. The summed E-state index contributed by atoms with van der Waals surface area (Å²) < 4.78 is 5.57. The third-order valence-electron chi connectivity index (χ3n) is 5.64. The summed E-state index contributed by atoms with van der Waals surface area (Å²) in [6.07, 6.45) is 4.54. The fraction of sp³-hybridized carbons (Fsp3) is 0.304. The van der Waals surface area contributed by atoms with E-state index in [0.29, 0.717) is 30.3 Å². The molecular formula is C23H22N4O6S. The zero-order valence-electron chi connectivity index (χ0n) is 18.4. The Balaban J connectivity index is 1.37. The van der Waals surface area contributed by atoms with Gasteiger partial charge in [-0.05, 0) is 54.3 Å². The van der Waals surface area contributed by atoms with Crippen LogP contribution in [-0.2, 0) is 9.59 Å². The van der Waals surface area contributed by atoms with Crippen molar-refractivity contribution in [3.8, 4) is 11.6 Å². The number of thioether (sulfide) groups is 1. The number of rotatable bonds is 6. The first-order chi connectivity index (χ1) is 16.3. The smallest absolute Gasteiger partial charge is 0.294 e. The van der Waals surface area contributed by atoms with Gasteiger partial charge in [-0.3, -0.25) is 29.4 Å². The molecule has 0 radical (unpaired) electrons. The van der Waals surface area contributed by atoms with Gasteiger partial charge in [-0.25, -0.2) is 4.98 Å². The minimum atomic E-state index is -0.544. The third-order valence-corrected chi connectivity index (χ3v) is 6.54. The maximum absolute atomic E-state index is 12.7. The molecule has 0 bridgehead atoms. The lowest BCUT2D eigenvalue weighted by molar-refractivity contribution is -0.385. The summed E-state index contributed by atoms with van der Waals surface area (Å²) >= 11 is 0.808. The average Bonchev–Trinajstić information content (AvgIpc) is 3.08. The molecule has 34 heavy (non-hydrogen) atoms. The molecule has 0 unspecified atom stereocenters. The summed E-state index contributed by atoms with van der Waals surface area (Å²) in [6.45, 7) is 3.20. The highest BCUT2D eigenvalue weighted by molar-refractivity contribution is 8.18. The van der Waals surface area contributed by atoms with Crippen LogP contribution in [0.5, 0.6) is 11.6 Å². The number of carbonyl (C=O) groups is 3. The molecule has 0 spiro atoms. The van der Waals surface area contributed by atoms with Crippen molar-refractivity contribution in [2.45, 2.75) is 19.8 Å². The third kappa shape index (κ3) is 5.42. The topological polar surface area (TPSA) is 123 Å². The molecule has 0 atom stereocenters. The van der Waals surface area contributed by atoms with E-state index in [0.717, 1.165) is 35.7 Å². The van der Waals surface area contributed by atoms with Gasteiger partial charge in [-0.1, -0.05) is 19.1 Å². The molecule has 2 saturated heterocycles. The van der Waals surface area contributed by atoms with Gasteiger partial charge < -0.3 is 9.64 Å². The van der Waals surface area contributed by atoms with Gasteiger partial charge in [0.2, 0.25) is 11.8 Å². The first kappa shape index (κ1) is 23.4. The SMILES string of the molecule is CC1CCN(C(=O)CN2C(=O)SC(=Cc3ccc(Oc4ccc([N+](=O)[O-])cn4)cc3)C2=O)CC1. The Kier molecular flexibility index (Phi) is 6.92. The number of pyridine rings is 1. The van der Waals surface area contributed by atoms with Gasteiger partial charge in [0.1, 0.15) is 18.5 Å². The summed E-state index contributed by atoms with van der Waals surface area (Å²) in [5, 5.41) is 10.2. The molecule has 2 aromatic rings. The van der Waals surface area contributed by atoms with E-state index in [9.17, 15) is 24.5 Å². The number of aromatic nitrogens is 1. The summed E-state index contributed by atoms with van der Waals surface area (Å²) in [7, 11) is 0. The van der Waals surface area contributed by atoms with Gasteiger partial charge >= 0.3 is 0 Å². The van der Waals surface area contributed by atoms with Crippen molar-refractivity contribution in [2.75, 3.05) is 19.6 Å². The first-order valence-electron chi connectivity index (χ1n) is 10.7. The minimum absolute atomic E-state index is 0.135. The van der Waals surface area contributed by atoms with Crippen LogP contribution in [0.1, 0.15) is 25.3 Å². The van der Waals surface area contributed by atoms with E-state index < -0.39 is 16.1 Å². The predicted octanol–water partition coefficient (Wildman–Crippen LogP) is 4.08. The highest BCUT2D eigenvalue weighted by Crippen LogP contribution is 2.33. The summed E-state index contributed by atoms with van der Waals surface area (Å²) in [4.78, 5) is 54.7. The number of likely N-dealkylation sites (tertiary alicyclic amines) is 1. The Morgan fingerprint density at radius 1 is 1.21 bits per heavy atom. The zero-order chi connectivity index (χ0) is 24.2. The van der Waals surface area contributed by atoms with Gasteiger partial charge in [-0.2, -0.15) is 0 Å². The second-order valence-corrected chi connectivity index (χ2v) is 9.11. The predicted molar refractivity (Wildman–Crippen MR) is 125 cm³/mol. The molecule has 0 N–H and O–H groups in total. The number of amides is 3. The standard InChI is InChI=1S/C23H22N4O6S/c1-15-8-10-25(11-9-15)21(28)14-26-22(29)19(34-23(26)30)12-16-2-5-18(6-3-16)33-20-7-4-17(13-24-20)27(31)32/h2-7,12-13,15H,8-11,14H2,1H3. The summed E-state index contributed by atoms with van der Waals surface area (Å²) in [6, 6.07) is 9.40. The summed E-state index contributed by atoms with van der Waals surface area (Å²) in [5.41, 5.74) is 0.537. The Hall–Kier alpha value is -3.73. The number of imide groups is 1. The maximum atomic E-state index is 12.7. The van der Waals surface area contributed by atoms with Crippen molar-refractivity contribution < 1.29 is 24.0 Å². The Morgan fingerprint density at radius 2 is 1.91 bits per heavy atom. The number of nitro groups is 1. The lowest BCUT2D eigenvalue weighted by Crippen LogP contribution is -2.45. The van der Waals surface area contributed by atoms with Crippen LogP contribution in [0.3, 0.4) is 0 Å². The lowest BCUT2D eigenvalue weighted by atomic mass is 9.99.